The number of hydrogen-bond acceptors (Lipinski definition) is 2. The monoisotopic (exact) mass is 232 g/mol. The lowest BCUT2D eigenvalue weighted by molar-refractivity contribution is 0.253. The van der Waals surface area contributed by atoms with E-state index < -0.39 is 0 Å². The highest BCUT2D eigenvalue weighted by molar-refractivity contribution is 5.33. The number of halogens is 1. The van der Waals surface area contributed by atoms with Crippen LogP contribution in [-0.4, -0.2) is 17.5 Å². The van der Waals surface area contributed by atoms with E-state index in [1.807, 2.05) is 0 Å². The topological polar surface area (TPSA) is 27.0 Å². The van der Waals surface area contributed by atoms with Crippen molar-refractivity contribution in [1.29, 1.82) is 5.26 Å². The SMILES string of the molecule is CC1CC(C)N(Cc2cc(C#N)ccc2F)C1. The predicted octanol–water partition coefficient (Wildman–Crippen LogP) is 2.93. The van der Waals surface area contributed by atoms with Crippen molar-refractivity contribution in [2.24, 2.45) is 5.92 Å². The van der Waals surface area contributed by atoms with Gasteiger partial charge in [0, 0.05) is 24.7 Å². The van der Waals surface area contributed by atoms with Gasteiger partial charge in [-0.2, -0.15) is 5.26 Å². The summed E-state index contributed by atoms with van der Waals surface area (Å²) in [6.45, 7) is 6.01. The summed E-state index contributed by atoms with van der Waals surface area (Å²) >= 11 is 0. The molecule has 17 heavy (non-hydrogen) atoms. The molecule has 1 aromatic carbocycles. The van der Waals surface area contributed by atoms with Gasteiger partial charge in [0.15, 0.2) is 0 Å². The summed E-state index contributed by atoms with van der Waals surface area (Å²) < 4.78 is 13.6. The first kappa shape index (κ1) is 12.1. The zero-order valence-electron chi connectivity index (χ0n) is 10.3. The van der Waals surface area contributed by atoms with Gasteiger partial charge >= 0.3 is 0 Å². The van der Waals surface area contributed by atoms with Gasteiger partial charge in [-0.25, -0.2) is 4.39 Å². The summed E-state index contributed by atoms with van der Waals surface area (Å²) in [4.78, 5) is 2.28. The fourth-order valence-electron chi connectivity index (χ4n) is 2.59. The molecule has 1 aliphatic heterocycles. The standard InChI is InChI=1S/C14H17FN2/c1-10-5-11(2)17(8-10)9-13-6-12(7-16)3-4-14(13)15/h3-4,6,10-11H,5,8-9H2,1-2H3. The summed E-state index contributed by atoms with van der Waals surface area (Å²) in [5, 5.41) is 8.82. The Labute approximate surface area is 102 Å². The van der Waals surface area contributed by atoms with Crippen LogP contribution in [0.2, 0.25) is 0 Å². The van der Waals surface area contributed by atoms with Crippen molar-refractivity contribution < 1.29 is 4.39 Å². The van der Waals surface area contributed by atoms with E-state index in [2.05, 4.69) is 24.8 Å². The minimum absolute atomic E-state index is 0.212. The quantitative estimate of drug-likeness (QED) is 0.784. The third-order valence-electron chi connectivity index (χ3n) is 3.46. The minimum atomic E-state index is -0.212. The molecule has 0 spiro atoms. The van der Waals surface area contributed by atoms with Crippen LogP contribution >= 0.6 is 0 Å². The van der Waals surface area contributed by atoms with Gasteiger partial charge < -0.3 is 0 Å². The van der Waals surface area contributed by atoms with Crippen molar-refractivity contribution in [3.8, 4) is 6.07 Å². The van der Waals surface area contributed by atoms with Gasteiger partial charge in [0.1, 0.15) is 5.82 Å². The minimum Gasteiger partial charge on any atom is -0.296 e. The summed E-state index contributed by atoms with van der Waals surface area (Å²) in [5.41, 5.74) is 1.16. The van der Waals surface area contributed by atoms with E-state index in [1.54, 1.807) is 6.07 Å². The van der Waals surface area contributed by atoms with Gasteiger partial charge in [-0.05, 0) is 37.5 Å². The molecule has 2 atom stereocenters. The van der Waals surface area contributed by atoms with Crippen LogP contribution in [0.3, 0.4) is 0 Å². The molecule has 1 aromatic rings. The molecule has 1 fully saturated rings. The van der Waals surface area contributed by atoms with Crippen LogP contribution in [0, 0.1) is 23.1 Å². The first-order chi connectivity index (χ1) is 8.10. The maximum atomic E-state index is 13.6. The molecule has 1 saturated heterocycles. The average Bonchev–Trinajstić information content (AvgIpc) is 2.60. The number of likely N-dealkylation sites (tertiary alicyclic amines) is 1. The normalized spacial score (nSPS) is 24.8. The molecule has 1 heterocycles. The summed E-state index contributed by atoms with van der Waals surface area (Å²) in [7, 11) is 0. The van der Waals surface area contributed by atoms with Crippen molar-refractivity contribution in [2.75, 3.05) is 6.54 Å². The summed E-state index contributed by atoms with van der Waals surface area (Å²) in [6.07, 6.45) is 1.17. The molecule has 0 amide bonds. The van der Waals surface area contributed by atoms with Crippen molar-refractivity contribution in [3.63, 3.8) is 0 Å². The van der Waals surface area contributed by atoms with E-state index in [9.17, 15) is 4.39 Å². The van der Waals surface area contributed by atoms with Crippen molar-refractivity contribution in [1.82, 2.24) is 4.90 Å². The first-order valence-electron chi connectivity index (χ1n) is 6.02. The summed E-state index contributed by atoms with van der Waals surface area (Å²) in [5.74, 6) is 0.461. The lowest BCUT2D eigenvalue weighted by Gasteiger charge is -2.21. The number of hydrogen-bond donors (Lipinski definition) is 0. The van der Waals surface area contributed by atoms with Gasteiger partial charge in [-0.1, -0.05) is 6.92 Å². The van der Waals surface area contributed by atoms with Crippen LogP contribution in [0.25, 0.3) is 0 Å². The van der Waals surface area contributed by atoms with Crippen LogP contribution in [0.5, 0.6) is 0 Å². The Morgan fingerprint density at radius 3 is 2.82 bits per heavy atom. The molecule has 0 N–H and O–H groups in total. The molecule has 2 unspecified atom stereocenters. The molecule has 0 bridgehead atoms. The maximum Gasteiger partial charge on any atom is 0.127 e. The molecule has 0 saturated carbocycles. The molecule has 90 valence electrons. The van der Waals surface area contributed by atoms with Gasteiger partial charge in [0.2, 0.25) is 0 Å². The van der Waals surface area contributed by atoms with Crippen molar-refractivity contribution >= 4 is 0 Å². The highest BCUT2D eigenvalue weighted by Crippen LogP contribution is 2.25. The Hall–Kier alpha value is -1.40. The highest BCUT2D eigenvalue weighted by Gasteiger charge is 2.26. The smallest absolute Gasteiger partial charge is 0.127 e. The second-order valence-electron chi connectivity index (χ2n) is 5.04. The third kappa shape index (κ3) is 2.65. The number of nitrogens with zero attached hydrogens (tertiary/aromatic N) is 2. The molecule has 2 rings (SSSR count). The third-order valence-corrected chi connectivity index (χ3v) is 3.46. The van der Waals surface area contributed by atoms with Gasteiger partial charge in [0.05, 0.1) is 11.6 Å². The average molecular weight is 232 g/mol. The first-order valence-corrected chi connectivity index (χ1v) is 6.02. The van der Waals surface area contributed by atoms with E-state index in [4.69, 9.17) is 5.26 Å². The van der Waals surface area contributed by atoms with Crippen LogP contribution in [-0.2, 0) is 6.54 Å². The molecule has 1 aliphatic rings. The Morgan fingerprint density at radius 1 is 1.47 bits per heavy atom. The second kappa shape index (κ2) is 4.85. The predicted molar refractivity (Wildman–Crippen MR) is 64.8 cm³/mol. The molecule has 0 radical (unpaired) electrons. The molecular weight excluding hydrogens is 215 g/mol. The zero-order chi connectivity index (χ0) is 12.4. The zero-order valence-corrected chi connectivity index (χ0v) is 10.3. The Morgan fingerprint density at radius 2 is 2.24 bits per heavy atom. The Kier molecular flexibility index (Phi) is 3.44. The number of nitriles is 1. The van der Waals surface area contributed by atoms with E-state index in [-0.39, 0.29) is 5.82 Å². The molecule has 2 nitrogen and oxygen atoms in total. The summed E-state index contributed by atoms with van der Waals surface area (Å²) in [6, 6.07) is 7.12. The van der Waals surface area contributed by atoms with Crippen molar-refractivity contribution in [2.45, 2.75) is 32.9 Å². The molecule has 0 aromatic heterocycles. The second-order valence-corrected chi connectivity index (χ2v) is 5.04. The number of rotatable bonds is 2. The lowest BCUT2D eigenvalue weighted by Crippen LogP contribution is -2.27. The van der Waals surface area contributed by atoms with Gasteiger partial charge in [0.25, 0.3) is 0 Å². The number of benzene rings is 1. The van der Waals surface area contributed by atoms with E-state index in [1.165, 1.54) is 18.6 Å². The van der Waals surface area contributed by atoms with E-state index >= 15 is 0 Å². The van der Waals surface area contributed by atoms with Crippen LogP contribution in [0.1, 0.15) is 31.4 Å². The Bertz CT molecular complexity index is 450. The van der Waals surface area contributed by atoms with E-state index in [0.717, 1.165) is 6.54 Å². The Balaban J connectivity index is 2.16. The molecule has 3 heteroatoms. The molecular formula is C14H17FN2. The molecule has 0 aliphatic carbocycles. The maximum absolute atomic E-state index is 13.6. The van der Waals surface area contributed by atoms with E-state index in [0.29, 0.717) is 29.6 Å². The van der Waals surface area contributed by atoms with Crippen LogP contribution in [0.15, 0.2) is 18.2 Å². The fourth-order valence-corrected chi connectivity index (χ4v) is 2.59. The largest absolute Gasteiger partial charge is 0.296 e. The van der Waals surface area contributed by atoms with Crippen molar-refractivity contribution in [3.05, 3.63) is 35.1 Å². The van der Waals surface area contributed by atoms with Crippen LogP contribution < -0.4 is 0 Å². The lowest BCUT2D eigenvalue weighted by atomic mass is 10.1. The van der Waals surface area contributed by atoms with Gasteiger partial charge in [-0.3, -0.25) is 4.90 Å². The van der Waals surface area contributed by atoms with Crippen LogP contribution in [0.4, 0.5) is 4.39 Å². The highest BCUT2D eigenvalue weighted by atomic mass is 19.1. The fraction of sp³-hybridized carbons (Fsp3) is 0.500. The van der Waals surface area contributed by atoms with Gasteiger partial charge in [-0.15, -0.1) is 0 Å².